The highest BCUT2D eigenvalue weighted by molar-refractivity contribution is 7.99. The Labute approximate surface area is 226 Å². The molecule has 0 fully saturated rings. The highest BCUT2D eigenvalue weighted by atomic mass is 32.2. The number of nitro benzene ring substituents is 1. The van der Waals surface area contributed by atoms with Crippen LogP contribution in [0, 0.1) is 10.1 Å². The summed E-state index contributed by atoms with van der Waals surface area (Å²) in [6, 6.07) is 20.7. The molecule has 1 amide bonds. The minimum atomic E-state index is -0.455. The van der Waals surface area contributed by atoms with Crippen LogP contribution in [0.25, 0.3) is 22.2 Å². The van der Waals surface area contributed by atoms with E-state index in [1.165, 1.54) is 51.6 Å². The number of aromatic nitrogens is 4. The summed E-state index contributed by atoms with van der Waals surface area (Å²) in [4.78, 5) is 28.8. The maximum atomic E-state index is 12.7. The summed E-state index contributed by atoms with van der Waals surface area (Å²) in [6.07, 6.45) is 4.21. The Morgan fingerprint density at radius 3 is 2.79 bits per heavy atom. The molecule has 0 saturated heterocycles. The van der Waals surface area contributed by atoms with E-state index in [4.69, 9.17) is 0 Å². The summed E-state index contributed by atoms with van der Waals surface area (Å²) in [6.45, 7) is 4.17. The third-order valence-corrected chi connectivity index (χ3v) is 7.60. The summed E-state index contributed by atoms with van der Waals surface area (Å²) in [5.74, 6) is 0.350. The quantitative estimate of drug-likeness (QED) is 0.100. The van der Waals surface area contributed by atoms with Gasteiger partial charge in [0.15, 0.2) is 16.1 Å². The number of non-ortho nitro benzene ring substituents is 1. The summed E-state index contributed by atoms with van der Waals surface area (Å²) in [5, 5.41) is 25.9. The van der Waals surface area contributed by atoms with Crippen LogP contribution in [0.1, 0.15) is 10.4 Å². The number of nitro groups is 1. The lowest BCUT2D eigenvalue weighted by Gasteiger charge is -2.07. The van der Waals surface area contributed by atoms with Gasteiger partial charge in [0.25, 0.3) is 5.69 Å². The van der Waals surface area contributed by atoms with E-state index < -0.39 is 4.92 Å². The summed E-state index contributed by atoms with van der Waals surface area (Å²) < 4.78 is 1.77. The van der Waals surface area contributed by atoms with Crippen molar-refractivity contribution in [1.82, 2.24) is 19.7 Å². The number of rotatable bonds is 10. The van der Waals surface area contributed by atoms with Gasteiger partial charge in [-0.3, -0.25) is 19.5 Å². The van der Waals surface area contributed by atoms with Crippen LogP contribution in [0.2, 0.25) is 0 Å². The molecule has 1 N–H and O–H groups in total. The summed E-state index contributed by atoms with van der Waals surface area (Å²) in [7, 11) is 0. The lowest BCUT2D eigenvalue weighted by atomic mass is 10.0. The molecular weight excluding hydrogens is 520 g/mol. The molecule has 5 rings (SSSR count). The number of nitrogens with one attached hydrogen (secondary N) is 1. The molecule has 2 heterocycles. The monoisotopic (exact) mass is 542 g/mol. The highest BCUT2D eigenvalue weighted by Gasteiger charge is 2.17. The maximum absolute atomic E-state index is 12.7. The first-order chi connectivity index (χ1) is 18.5. The van der Waals surface area contributed by atoms with E-state index in [1.807, 2.05) is 18.2 Å². The standard InChI is InChI=1S/C27H22N6O3S2/c1-2-13-32-25(20-10-6-11-21(14-20)33(35)36)30-31-27(32)37-17-24(34)29-26-28-16-22(38-26)15-19-9-5-8-18-7-3-4-12-23(18)19/h2-12,14,16H,1,13,15,17H2,(H,28,29,34). The first kappa shape index (κ1) is 25.3. The molecule has 3 aromatic carbocycles. The van der Waals surface area contributed by atoms with E-state index in [-0.39, 0.29) is 17.3 Å². The number of fused-ring (bicyclic) bond motifs is 1. The minimum Gasteiger partial charge on any atom is -0.301 e. The Bertz CT molecular complexity index is 1640. The van der Waals surface area contributed by atoms with Gasteiger partial charge in [-0.1, -0.05) is 72.4 Å². The number of thioether (sulfide) groups is 1. The van der Waals surface area contributed by atoms with Crippen molar-refractivity contribution in [2.45, 2.75) is 18.1 Å². The molecule has 0 unspecified atom stereocenters. The van der Waals surface area contributed by atoms with Crippen LogP contribution < -0.4 is 5.32 Å². The third-order valence-electron chi connectivity index (χ3n) is 5.72. The molecule has 11 heteroatoms. The van der Waals surface area contributed by atoms with Crippen LogP contribution in [-0.4, -0.2) is 36.3 Å². The molecule has 0 aliphatic rings. The highest BCUT2D eigenvalue weighted by Crippen LogP contribution is 2.28. The van der Waals surface area contributed by atoms with Crippen LogP contribution >= 0.6 is 23.1 Å². The van der Waals surface area contributed by atoms with E-state index in [0.29, 0.717) is 28.2 Å². The number of carbonyl (C=O) groups is 1. The number of hydrogen-bond donors (Lipinski definition) is 1. The molecule has 0 aliphatic carbocycles. The molecular formula is C27H22N6O3S2. The molecule has 0 spiro atoms. The Morgan fingerprint density at radius 1 is 1.13 bits per heavy atom. The SMILES string of the molecule is C=CCn1c(SCC(=O)Nc2ncc(Cc3cccc4ccccc34)s2)nnc1-c1cccc([N+](=O)[O-])c1. The normalized spacial score (nSPS) is 10.9. The van der Waals surface area contributed by atoms with E-state index in [2.05, 4.69) is 51.3 Å². The van der Waals surface area contributed by atoms with Crippen LogP contribution in [0.15, 0.2) is 90.7 Å². The van der Waals surface area contributed by atoms with Gasteiger partial charge < -0.3 is 5.32 Å². The maximum Gasteiger partial charge on any atom is 0.270 e. The molecule has 5 aromatic rings. The van der Waals surface area contributed by atoms with Gasteiger partial charge in [0.2, 0.25) is 5.91 Å². The fourth-order valence-corrected chi connectivity index (χ4v) is 5.63. The Morgan fingerprint density at radius 2 is 1.95 bits per heavy atom. The number of hydrogen-bond acceptors (Lipinski definition) is 8. The summed E-state index contributed by atoms with van der Waals surface area (Å²) >= 11 is 2.67. The molecule has 0 saturated carbocycles. The average Bonchev–Trinajstić information content (AvgIpc) is 3.54. The topological polar surface area (TPSA) is 116 Å². The van der Waals surface area contributed by atoms with Crippen LogP contribution in [0.3, 0.4) is 0 Å². The average molecular weight is 543 g/mol. The Hall–Kier alpha value is -4.35. The smallest absolute Gasteiger partial charge is 0.270 e. The van der Waals surface area contributed by atoms with Crippen molar-refractivity contribution >= 4 is 50.6 Å². The van der Waals surface area contributed by atoms with E-state index in [0.717, 1.165) is 11.3 Å². The minimum absolute atomic E-state index is 0.0347. The van der Waals surface area contributed by atoms with Crippen LogP contribution in [0.4, 0.5) is 10.8 Å². The van der Waals surface area contributed by atoms with Crippen LogP contribution in [0.5, 0.6) is 0 Å². The van der Waals surface area contributed by atoms with Gasteiger partial charge in [-0.25, -0.2) is 4.98 Å². The second kappa shape index (κ2) is 11.4. The van der Waals surface area contributed by atoms with Crippen molar-refractivity contribution in [3.63, 3.8) is 0 Å². The van der Waals surface area contributed by atoms with Gasteiger partial charge >= 0.3 is 0 Å². The molecule has 38 heavy (non-hydrogen) atoms. The fraction of sp³-hybridized carbons (Fsp3) is 0.111. The molecule has 9 nitrogen and oxygen atoms in total. The zero-order valence-corrected chi connectivity index (χ0v) is 21.7. The van der Waals surface area contributed by atoms with Gasteiger partial charge in [-0.2, -0.15) is 0 Å². The van der Waals surface area contributed by atoms with Crippen molar-refractivity contribution in [3.05, 3.63) is 106 Å². The zero-order valence-electron chi connectivity index (χ0n) is 20.1. The van der Waals surface area contributed by atoms with Gasteiger partial charge in [0.1, 0.15) is 0 Å². The second-order valence-electron chi connectivity index (χ2n) is 8.30. The molecule has 0 atom stereocenters. The van der Waals surface area contributed by atoms with Crippen LogP contribution in [-0.2, 0) is 17.8 Å². The number of anilines is 1. The van der Waals surface area contributed by atoms with Gasteiger partial charge in [0, 0.05) is 41.7 Å². The predicted molar refractivity (Wildman–Crippen MR) is 151 cm³/mol. The number of amides is 1. The van der Waals surface area contributed by atoms with Crippen molar-refractivity contribution in [2.75, 3.05) is 11.1 Å². The molecule has 2 aromatic heterocycles. The van der Waals surface area contributed by atoms with Crippen molar-refractivity contribution < 1.29 is 9.72 Å². The number of allylic oxidation sites excluding steroid dienone is 1. The predicted octanol–water partition coefficient (Wildman–Crippen LogP) is 5.97. The lowest BCUT2D eigenvalue weighted by molar-refractivity contribution is -0.384. The van der Waals surface area contributed by atoms with Crippen molar-refractivity contribution in [2.24, 2.45) is 0 Å². The molecule has 0 bridgehead atoms. The van der Waals surface area contributed by atoms with E-state index >= 15 is 0 Å². The first-order valence-corrected chi connectivity index (χ1v) is 13.4. The van der Waals surface area contributed by atoms with Crippen molar-refractivity contribution in [3.8, 4) is 11.4 Å². The van der Waals surface area contributed by atoms with Crippen molar-refractivity contribution in [1.29, 1.82) is 0 Å². The molecule has 190 valence electrons. The lowest BCUT2D eigenvalue weighted by Crippen LogP contribution is -2.14. The number of nitrogens with zero attached hydrogens (tertiary/aromatic N) is 5. The molecule has 0 radical (unpaired) electrons. The van der Waals surface area contributed by atoms with Gasteiger partial charge in [-0.15, -0.1) is 28.1 Å². The third kappa shape index (κ3) is 5.63. The largest absolute Gasteiger partial charge is 0.301 e. The number of benzene rings is 3. The van der Waals surface area contributed by atoms with E-state index in [1.54, 1.807) is 29.0 Å². The fourth-order valence-electron chi connectivity index (χ4n) is 4.03. The van der Waals surface area contributed by atoms with Gasteiger partial charge in [-0.05, 0) is 16.3 Å². The first-order valence-electron chi connectivity index (χ1n) is 11.6. The summed E-state index contributed by atoms with van der Waals surface area (Å²) in [5.41, 5.74) is 1.74. The Balaban J connectivity index is 1.24. The van der Waals surface area contributed by atoms with E-state index in [9.17, 15) is 14.9 Å². The Kier molecular flexibility index (Phi) is 7.57. The zero-order chi connectivity index (χ0) is 26.5. The van der Waals surface area contributed by atoms with Gasteiger partial charge in [0.05, 0.1) is 10.7 Å². The number of thiazole rings is 1. The second-order valence-corrected chi connectivity index (χ2v) is 10.4. The number of carbonyl (C=O) groups excluding carboxylic acids is 1. The molecule has 0 aliphatic heterocycles.